The second kappa shape index (κ2) is 6.54. The maximum Gasteiger partial charge on any atom is 0.362 e. The highest BCUT2D eigenvalue weighted by atomic mass is 35.5. The SMILES string of the molecule is CCOC(=O)c1nn(-c2ccc(Cl)cc2)cc(CC)c1=O. The summed E-state index contributed by atoms with van der Waals surface area (Å²) in [6, 6.07) is 6.95. The van der Waals surface area contributed by atoms with E-state index in [-0.39, 0.29) is 17.7 Å². The number of halogens is 1. The van der Waals surface area contributed by atoms with Crippen molar-refractivity contribution in [1.82, 2.24) is 9.78 Å². The van der Waals surface area contributed by atoms with Crippen LogP contribution < -0.4 is 5.43 Å². The van der Waals surface area contributed by atoms with Gasteiger partial charge in [0, 0.05) is 16.8 Å². The number of hydrogen-bond donors (Lipinski definition) is 0. The number of aromatic nitrogens is 2. The maximum atomic E-state index is 12.2. The molecule has 1 heterocycles. The van der Waals surface area contributed by atoms with Gasteiger partial charge in [-0.1, -0.05) is 18.5 Å². The smallest absolute Gasteiger partial charge is 0.362 e. The molecule has 0 radical (unpaired) electrons. The number of esters is 1. The molecule has 2 rings (SSSR count). The van der Waals surface area contributed by atoms with Gasteiger partial charge in [0.1, 0.15) is 0 Å². The van der Waals surface area contributed by atoms with Crippen molar-refractivity contribution in [3.63, 3.8) is 0 Å². The van der Waals surface area contributed by atoms with Crippen LogP contribution in [0, 0.1) is 0 Å². The summed E-state index contributed by atoms with van der Waals surface area (Å²) in [6.07, 6.45) is 2.12. The van der Waals surface area contributed by atoms with Crippen molar-refractivity contribution in [1.29, 1.82) is 0 Å². The standard InChI is InChI=1S/C15H15ClN2O3/c1-3-10-9-18(12-7-5-11(16)6-8-12)17-13(14(10)19)15(20)21-4-2/h5-9H,3-4H2,1-2H3. The Morgan fingerprint density at radius 3 is 2.52 bits per heavy atom. The third-order valence-electron chi connectivity index (χ3n) is 2.93. The van der Waals surface area contributed by atoms with E-state index in [9.17, 15) is 9.59 Å². The molecule has 0 aliphatic rings. The molecule has 1 aromatic heterocycles. The van der Waals surface area contributed by atoms with Crippen LogP contribution in [-0.2, 0) is 11.2 Å². The number of ether oxygens (including phenoxy) is 1. The van der Waals surface area contributed by atoms with Crippen LogP contribution in [0.5, 0.6) is 0 Å². The highest BCUT2D eigenvalue weighted by Crippen LogP contribution is 2.13. The van der Waals surface area contributed by atoms with Crippen LogP contribution in [0.3, 0.4) is 0 Å². The van der Waals surface area contributed by atoms with Gasteiger partial charge < -0.3 is 4.74 Å². The summed E-state index contributed by atoms with van der Waals surface area (Å²) in [5, 5.41) is 4.68. The molecular weight excluding hydrogens is 292 g/mol. The quantitative estimate of drug-likeness (QED) is 0.815. The molecule has 0 N–H and O–H groups in total. The van der Waals surface area contributed by atoms with Crippen molar-refractivity contribution >= 4 is 17.6 Å². The van der Waals surface area contributed by atoms with E-state index < -0.39 is 5.97 Å². The lowest BCUT2D eigenvalue weighted by molar-refractivity contribution is 0.0515. The number of carbonyl (C=O) groups is 1. The third-order valence-corrected chi connectivity index (χ3v) is 3.19. The predicted molar refractivity (Wildman–Crippen MR) is 80.2 cm³/mol. The Labute approximate surface area is 127 Å². The van der Waals surface area contributed by atoms with E-state index in [0.717, 1.165) is 0 Å². The van der Waals surface area contributed by atoms with E-state index >= 15 is 0 Å². The summed E-state index contributed by atoms with van der Waals surface area (Å²) < 4.78 is 6.37. The zero-order chi connectivity index (χ0) is 15.4. The highest BCUT2D eigenvalue weighted by molar-refractivity contribution is 6.30. The van der Waals surface area contributed by atoms with E-state index in [2.05, 4.69) is 5.10 Å². The summed E-state index contributed by atoms with van der Waals surface area (Å²) in [6.45, 7) is 3.72. The molecule has 6 heteroatoms. The van der Waals surface area contributed by atoms with Crippen LogP contribution in [0.4, 0.5) is 0 Å². The second-order valence-corrected chi connectivity index (χ2v) is 4.76. The normalized spacial score (nSPS) is 10.4. The van der Waals surface area contributed by atoms with Crippen LogP contribution in [0.1, 0.15) is 29.9 Å². The van der Waals surface area contributed by atoms with Gasteiger partial charge >= 0.3 is 5.97 Å². The molecule has 0 atom stereocenters. The number of nitrogens with zero attached hydrogens (tertiary/aromatic N) is 2. The lowest BCUT2D eigenvalue weighted by Crippen LogP contribution is -2.26. The molecule has 0 unspecified atom stereocenters. The van der Waals surface area contributed by atoms with E-state index in [1.165, 1.54) is 4.68 Å². The lowest BCUT2D eigenvalue weighted by Gasteiger charge is -2.09. The molecule has 0 amide bonds. The van der Waals surface area contributed by atoms with Gasteiger partial charge in [0.15, 0.2) is 0 Å². The molecular formula is C15H15ClN2O3. The van der Waals surface area contributed by atoms with Gasteiger partial charge in [0.05, 0.1) is 12.3 Å². The number of hydrogen-bond acceptors (Lipinski definition) is 4. The number of aryl methyl sites for hydroxylation is 1. The third kappa shape index (κ3) is 3.31. The van der Waals surface area contributed by atoms with Crippen LogP contribution >= 0.6 is 11.6 Å². The highest BCUT2D eigenvalue weighted by Gasteiger charge is 2.17. The summed E-state index contributed by atoms with van der Waals surface area (Å²) in [4.78, 5) is 24.0. The average Bonchev–Trinajstić information content (AvgIpc) is 2.48. The summed E-state index contributed by atoms with van der Waals surface area (Å²) >= 11 is 5.85. The first-order valence-electron chi connectivity index (χ1n) is 6.62. The first kappa shape index (κ1) is 15.3. The molecule has 0 aliphatic carbocycles. The summed E-state index contributed by atoms with van der Waals surface area (Å²) in [5.74, 6) is -0.708. The van der Waals surface area contributed by atoms with Gasteiger partial charge in [0.2, 0.25) is 11.1 Å². The molecule has 0 saturated heterocycles. The first-order chi connectivity index (χ1) is 10.1. The molecule has 0 spiro atoms. The van der Waals surface area contributed by atoms with Crippen molar-refractivity contribution in [2.75, 3.05) is 6.61 Å². The fourth-order valence-corrected chi connectivity index (χ4v) is 1.98. The number of rotatable bonds is 4. The van der Waals surface area contributed by atoms with Gasteiger partial charge in [-0.25, -0.2) is 9.48 Å². The number of benzene rings is 1. The van der Waals surface area contributed by atoms with Crippen molar-refractivity contribution in [3.05, 3.63) is 57.0 Å². The van der Waals surface area contributed by atoms with Gasteiger partial charge in [-0.2, -0.15) is 5.10 Å². The van der Waals surface area contributed by atoms with E-state index in [0.29, 0.717) is 22.7 Å². The fraction of sp³-hybridized carbons (Fsp3) is 0.267. The molecule has 2 aromatic rings. The van der Waals surface area contributed by atoms with Crippen LogP contribution in [0.2, 0.25) is 5.02 Å². The van der Waals surface area contributed by atoms with Gasteiger partial charge in [-0.05, 0) is 37.6 Å². The van der Waals surface area contributed by atoms with Gasteiger partial charge in [0.25, 0.3) is 0 Å². The topological polar surface area (TPSA) is 61.2 Å². The number of carbonyl (C=O) groups excluding carboxylic acids is 1. The zero-order valence-electron chi connectivity index (χ0n) is 11.8. The van der Waals surface area contributed by atoms with E-state index in [1.807, 2.05) is 6.92 Å². The monoisotopic (exact) mass is 306 g/mol. The molecule has 110 valence electrons. The van der Waals surface area contributed by atoms with Crippen LogP contribution in [0.25, 0.3) is 5.69 Å². The van der Waals surface area contributed by atoms with Crippen molar-refractivity contribution in [2.45, 2.75) is 20.3 Å². The Morgan fingerprint density at radius 2 is 1.95 bits per heavy atom. The largest absolute Gasteiger partial charge is 0.461 e. The molecule has 0 aliphatic heterocycles. The van der Waals surface area contributed by atoms with Crippen molar-refractivity contribution < 1.29 is 9.53 Å². The minimum absolute atomic E-state index is 0.192. The van der Waals surface area contributed by atoms with Crippen molar-refractivity contribution in [3.8, 4) is 5.69 Å². The Kier molecular flexibility index (Phi) is 4.75. The van der Waals surface area contributed by atoms with Crippen molar-refractivity contribution in [2.24, 2.45) is 0 Å². The van der Waals surface area contributed by atoms with Gasteiger partial charge in [-0.3, -0.25) is 4.79 Å². The lowest BCUT2D eigenvalue weighted by atomic mass is 10.2. The summed E-state index contributed by atoms with van der Waals surface area (Å²) in [5.41, 5.74) is 0.620. The summed E-state index contributed by atoms with van der Waals surface area (Å²) in [7, 11) is 0. The molecule has 21 heavy (non-hydrogen) atoms. The average molecular weight is 307 g/mol. The van der Waals surface area contributed by atoms with Crippen LogP contribution in [-0.4, -0.2) is 22.4 Å². The zero-order valence-corrected chi connectivity index (χ0v) is 12.6. The predicted octanol–water partition coefficient (Wildman–Crippen LogP) is 2.63. The molecule has 0 saturated carbocycles. The van der Waals surface area contributed by atoms with E-state index in [4.69, 9.17) is 16.3 Å². The minimum Gasteiger partial charge on any atom is -0.461 e. The molecule has 5 nitrogen and oxygen atoms in total. The van der Waals surface area contributed by atoms with E-state index in [1.54, 1.807) is 37.4 Å². The van der Waals surface area contributed by atoms with Crippen LogP contribution in [0.15, 0.2) is 35.3 Å². The van der Waals surface area contributed by atoms with Gasteiger partial charge in [-0.15, -0.1) is 0 Å². The Morgan fingerprint density at radius 1 is 1.29 bits per heavy atom. The fourth-order valence-electron chi connectivity index (χ4n) is 1.85. The Bertz CT molecular complexity index is 708. The molecule has 1 aromatic carbocycles. The molecule has 0 fully saturated rings. The minimum atomic E-state index is -0.708. The first-order valence-corrected chi connectivity index (χ1v) is 7.00. The second-order valence-electron chi connectivity index (χ2n) is 4.33. The molecule has 0 bridgehead atoms. The maximum absolute atomic E-state index is 12.2. The Balaban J connectivity index is 2.57. The Hall–Kier alpha value is -2.14.